The number of carbonyl (C=O) groups excluding carboxylic acids is 1. The number of methoxy groups -OCH3 is 1. The van der Waals surface area contributed by atoms with Gasteiger partial charge in [-0.05, 0) is 31.6 Å². The number of carboxylic acid groups (broad SMARTS) is 1. The maximum absolute atomic E-state index is 10.7. The zero-order chi connectivity index (χ0) is 16.4. The number of hydrogen-bond donors (Lipinski definition) is 1. The highest BCUT2D eigenvalue weighted by Crippen LogP contribution is 2.01. The molecular weight excluding hydrogens is 270 g/mol. The Balaban J connectivity index is 0.000000394. The Bertz CT molecular complexity index is 556. The number of aliphatic carboxylic acids is 1. The second-order valence-corrected chi connectivity index (χ2v) is 4.09. The molecule has 1 heterocycles. The van der Waals surface area contributed by atoms with Crippen molar-refractivity contribution in [3.8, 4) is 0 Å². The Morgan fingerprint density at radius 2 is 2.00 bits per heavy atom. The van der Waals surface area contributed by atoms with E-state index in [2.05, 4.69) is 22.9 Å². The van der Waals surface area contributed by atoms with Gasteiger partial charge in [-0.3, -0.25) is 4.98 Å². The van der Waals surface area contributed by atoms with Gasteiger partial charge in [0.1, 0.15) is 0 Å². The summed E-state index contributed by atoms with van der Waals surface area (Å²) in [5.74, 6) is -1.71. The number of rotatable bonds is 4. The quantitative estimate of drug-likeness (QED) is 0.524. The fraction of sp³-hybridized carbons (Fsp3) is 0.188. The van der Waals surface area contributed by atoms with E-state index in [0.29, 0.717) is 0 Å². The van der Waals surface area contributed by atoms with Crippen molar-refractivity contribution < 1.29 is 19.4 Å². The van der Waals surface area contributed by atoms with E-state index >= 15 is 0 Å². The Morgan fingerprint density at radius 3 is 2.38 bits per heavy atom. The molecule has 0 spiro atoms. The van der Waals surface area contributed by atoms with E-state index in [4.69, 9.17) is 5.11 Å². The average molecular weight is 289 g/mol. The fourth-order valence-corrected chi connectivity index (χ4v) is 1.11. The summed E-state index contributed by atoms with van der Waals surface area (Å²) >= 11 is 0. The third kappa shape index (κ3) is 7.47. The lowest BCUT2D eigenvalue weighted by Crippen LogP contribution is -2.04. The number of aryl methyl sites for hydroxylation is 1. The number of nitrogens with zero attached hydrogens (tertiary/aromatic N) is 1. The SMILES string of the molecule is C=C(C=C(C)C(=O)O)C(=O)OC.C=Cc1ccc(C)nc1. The molecule has 1 N–H and O–H groups in total. The number of hydrogen-bond acceptors (Lipinski definition) is 4. The zero-order valence-corrected chi connectivity index (χ0v) is 12.4. The summed E-state index contributed by atoms with van der Waals surface area (Å²) in [5, 5.41) is 8.42. The van der Waals surface area contributed by atoms with Gasteiger partial charge in [0.15, 0.2) is 0 Å². The van der Waals surface area contributed by atoms with Crippen LogP contribution in [0.2, 0.25) is 0 Å². The van der Waals surface area contributed by atoms with Crippen LogP contribution < -0.4 is 0 Å². The molecule has 0 aliphatic carbocycles. The van der Waals surface area contributed by atoms with E-state index in [1.54, 1.807) is 6.08 Å². The number of aromatic nitrogens is 1. The molecule has 1 aromatic rings. The van der Waals surface area contributed by atoms with Crippen LogP contribution in [0.5, 0.6) is 0 Å². The van der Waals surface area contributed by atoms with Gasteiger partial charge in [0.25, 0.3) is 0 Å². The number of ether oxygens (including phenoxy) is 1. The molecule has 0 fully saturated rings. The molecule has 0 bridgehead atoms. The van der Waals surface area contributed by atoms with E-state index in [9.17, 15) is 9.59 Å². The topological polar surface area (TPSA) is 76.5 Å². The van der Waals surface area contributed by atoms with Crippen molar-refractivity contribution in [2.45, 2.75) is 13.8 Å². The van der Waals surface area contributed by atoms with Gasteiger partial charge in [-0.2, -0.15) is 0 Å². The molecule has 0 atom stereocenters. The minimum absolute atomic E-state index is 0.0254. The summed E-state index contributed by atoms with van der Waals surface area (Å²) < 4.78 is 4.32. The molecular formula is C16H19NO4. The first-order chi connectivity index (χ1) is 9.81. The van der Waals surface area contributed by atoms with E-state index < -0.39 is 11.9 Å². The van der Waals surface area contributed by atoms with Gasteiger partial charge in [0.05, 0.1) is 12.7 Å². The standard InChI is InChI=1S/C8H9N.C8H10O4/c1-3-8-5-4-7(2)9-6-8;1-5(7(9)10)4-6(2)8(11)12-3/h3-6H,1H2,2H3;4H,2H2,1,3H3,(H,9,10). The molecule has 0 aliphatic heterocycles. The molecule has 0 saturated heterocycles. The molecule has 0 amide bonds. The normalized spacial score (nSPS) is 9.95. The van der Waals surface area contributed by atoms with Gasteiger partial charge in [0, 0.05) is 17.5 Å². The summed E-state index contributed by atoms with van der Waals surface area (Å²) in [5.41, 5.74) is 2.18. The van der Waals surface area contributed by atoms with Crippen molar-refractivity contribution >= 4 is 18.0 Å². The van der Waals surface area contributed by atoms with E-state index in [1.165, 1.54) is 14.0 Å². The highest BCUT2D eigenvalue weighted by Gasteiger charge is 2.06. The Kier molecular flexibility index (Phi) is 8.07. The van der Waals surface area contributed by atoms with Gasteiger partial charge in [-0.25, -0.2) is 9.59 Å². The Hall–Kier alpha value is -2.69. The Labute approximate surface area is 124 Å². The predicted molar refractivity (Wildman–Crippen MR) is 81.6 cm³/mol. The van der Waals surface area contributed by atoms with E-state index in [1.807, 2.05) is 25.3 Å². The molecule has 0 aromatic carbocycles. The zero-order valence-electron chi connectivity index (χ0n) is 12.4. The molecule has 0 saturated carbocycles. The van der Waals surface area contributed by atoms with Crippen LogP contribution in [-0.4, -0.2) is 29.1 Å². The first kappa shape index (κ1) is 18.3. The van der Waals surface area contributed by atoms with Crippen molar-refractivity contribution in [1.29, 1.82) is 0 Å². The van der Waals surface area contributed by atoms with Gasteiger partial charge in [-0.15, -0.1) is 0 Å². The molecule has 112 valence electrons. The van der Waals surface area contributed by atoms with Crippen molar-refractivity contribution in [3.05, 3.63) is 60.0 Å². The van der Waals surface area contributed by atoms with Crippen LogP contribution in [0, 0.1) is 6.92 Å². The maximum Gasteiger partial charge on any atom is 0.337 e. The lowest BCUT2D eigenvalue weighted by molar-refractivity contribution is -0.135. The number of carbonyl (C=O) groups is 2. The van der Waals surface area contributed by atoms with Crippen LogP contribution in [0.15, 0.2) is 48.7 Å². The first-order valence-electron chi connectivity index (χ1n) is 6.05. The summed E-state index contributed by atoms with van der Waals surface area (Å²) in [7, 11) is 1.21. The van der Waals surface area contributed by atoms with Crippen LogP contribution in [0.3, 0.4) is 0 Å². The lowest BCUT2D eigenvalue weighted by atomic mass is 10.2. The largest absolute Gasteiger partial charge is 0.478 e. The smallest absolute Gasteiger partial charge is 0.337 e. The number of esters is 1. The van der Waals surface area contributed by atoms with Crippen LogP contribution >= 0.6 is 0 Å². The van der Waals surface area contributed by atoms with E-state index in [0.717, 1.165) is 17.3 Å². The van der Waals surface area contributed by atoms with Gasteiger partial charge in [-0.1, -0.05) is 25.3 Å². The van der Waals surface area contributed by atoms with Crippen molar-refractivity contribution in [2.24, 2.45) is 0 Å². The molecule has 5 nitrogen and oxygen atoms in total. The van der Waals surface area contributed by atoms with Gasteiger partial charge >= 0.3 is 11.9 Å². The minimum Gasteiger partial charge on any atom is -0.478 e. The fourth-order valence-electron chi connectivity index (χ4n) is 1.11. The molecule has 0 radical (unpaired) electrons. The predicted octanol–water partition coefficient (Wildman–Crippen LogP) is 2.78. The number of carboxylic acids is 1. The van der Waals surface area contributed by atoms with Gasteiger partial charge < -0.3 is 9.84 Å². The third-order valence-electron chi connectivity index (χ3n) is 2.35. The van der Waals surface area contributed by atoms with Crippen LogP contribution in [-0.2, 0) is 14.3 Å². The third-order valence-corrected chi connectivity index (χ3v) is 2.35. The molecule has 0 unspecified atom stereocenters. The average Bonchev–Trinajstić information content (AvgIpc) is 2.47. The molecule has 1 aromatic heterocycles. The van der Waals surface area contributed by atoms with Crippen molar-refractivity contribution in [2.75, 3.05) is 7.11 Å². The summed E-state index contributed by atoms with van der Waals surface area (Å²) in [6.07, 6.45) is 4.75. The van der Waals surface area contributed by atoms with Crippen LogP contribution in [0.25, 0.3) is 6.08 Å². The molecule has 1 rings (SSSR count). The molecule has 21 heavy (non-hydrogen) atoms. The minimum atomic E-state index is -1.08. The highest BCUT2D eigenvalue weighted by molar-refractivity contribution is 5.94. The lowest BCUT2D eigenvalue weighted by Gasteiger charge is -1.97. The Morgan fingerprint density at radius 1 is 1.38 bits per heavy atom. The number of pyridine rings is 1. The monoisotopic (exact) mass is 289 g/mol. The summed E-state index contributed by atoms with van der Waals surface area (Å²) in [6, 6.07) is 3.96. The van der Waals surface area contributed by atoms with Crippen molar-refractivity contribution in [3.63, 3.8) is 0 Å². The summed E-state index contributed by atoms with van der Waals surface area (Å²) in [6.45, 7) is 10.3. The summed E-state index contributed by atoms with van der Waals surface area (Å²) in [4.78, 5) is 25.1. The second kappa shape index (κ2) is 9.25. The van der Waals surface area contributed by atoms with Gasteiger partial charge in [0.2, 0.25) is 0 Å². The second-order valence-electron chi connectivity index (χ2n) is 4.09. The first-order valence-corrected chi connectivity index (χ1v) is 6.05. The molecule has 0 aliphatic rings. The maximum atomic E-state index is 10.7. The van der Waals surface area contributed by atoms with E-state index in [-0.39, 0.29) is 11.1 Å². The van der Waals surface area contributed by atoms with Crippen LogP contribution in [0.4, 0.5) is 0 Å². The molecule has 5 heteroatoms. The highest BCUT2D eigenvalue weighted by atomic mass is 16.5. The van der Waals surface area contributed by atoms with Crippen LogP contribution in [0.1, 0.15) is 18.2 Å². The van der Waals surface area contributed by atoms with Crippen molar-refractivity contribution in [1.82, 2.24) is 4.98 Å².